The normalized spacial score (nSPS) is 26.0. The first-order valence-corrected chi connectivity index (χ1v) is 8.51. The van der Waals surface area contributed by atoms with Crippen LogP contribution in [0.2, 0.25) is 0 Å². The number of hydrogen-bond donors (Lipinski definition) is 1. The minimum Gasteiger partial charge on any atom is -0.311 e. The highest BCUT2D eigenvalue weighted by molar-refractivity contribution is 5.03. The third kappa shape index (κ3) is 2.86. The number of nitrogens with zero attached hydrogens (tertiary/aromatic N) is 4. The number of hydrogen-bond acceptors (Lipinski definition) is 4. The van der Waals surface area contributed by atoms with Crippen LogP contribution in [0.5, 0.6) is 0 Å². The highest BCUT2D eigenvalue weighted by atomic mass is 15.4. The van der Waals surface area contributed by atoms with Crippen molar-refractivity contribution in [1.29, 1.82) is 0 Å². The number of rotatable bonds is 4. The van der Waals surface area contributed by atoms with Gasteiger partial charge >= 0.3 is 0 Å². The third-order valence-electron chi connectivity index (χ3n) is 5.33. The molecule has 21 heavy (non-hydrogen) atoms. The van der Waals surface area contributed by atoms with E-state index in [1.54, 1.807) is 6.33 Å². The van der Waals surface area contributed by atoms with Crippen LogP contribution in [-0.4, -0.2) is 44.3 Å². The van der Waals surface area contributed by atoms with E-state index in [9.17, 15) is 0 Å². The molecule has 0 radical (unpaired) electrons. The minimum atomic E-state index is 0.361. The molecule has 2 aliphatic rings. The van der Waals surface area contributed by atoms with Crippen molar-refractivity contribution in [3.8, 4) is 0 Å². The molecule has 5 nitrogen and oxygen atoms in total. The molecule has 0 bridgehead atoms. The van der Waals surface area contributed by atoms with Crippen LogP contribution in [0.25, 0.3) is 0 Å². The standard InChI is InChI=1S/C16H29N5/c1-4-14-9-20(16(11-17-14)7-5-6-8-16)10-15-18-12-19-21(15)13(2)3/h12-14,17H,4-11H2,1-3H3. The van der Waals surface area contributed by atoms with Gasteiger partial charge in [0.25, 0.3) is 0 Å². The van der Waals surface area contributed by atoms with Gasteiger partial charge in [-0.1, -0.05) is 19.8 Å². The van der Waals surface area contributed by atoms with Gasteiger partial charge in [-0.3, -0.25) is 4.90 Å². The Morgan fingerprint density at radius 2 is 2.14 bits per heavy atom. The average molecular weight is 291 g/mol. The van der Waals surface area contributed by atoms with Gasteiger partial charge in [0, 0.05) is 30.7 Å². The zero-order valence-corrected chi connectivity index (χ0v) is 13.7. The Balaban J connectivity index is 1.80. The highest BCUT2D eigenvalue weighted by Crippen LogP contribution is 2.37. The molecule has 1 aromatic rings. The molecular formula is C16H29N5. The van der Waals surface area contributed by atoms with E-state index in [0.717, 1.165) is 25.5 Å². The highest BCUT2D eigenvalue weighted by Gasteiger charge is 2.43. The summed E-state index contributed by atoms with van der Waals surface area (Å²) in [4.78, 5) is 7.23. The average Bonchev–Trinajstić information content (AvgIpc) is 3.11. The van der Waals surface area contributed by atoms with E-state index in [1.165, 1.54) is 32.1 Å². The van der Waals surface area contributed by atoms with E-state index in [2.05, 4.69) is 45.8 Å². The Morgan fingerprint density at radius 3 is 2.81 bits per heavy atom. The largest absolute Gasteiger partial charge is 0.311 e. The van der Waals surface area contributed by atoms with Crippen molar-refractivity contribution >= 4 is 0 Å². The monoisotopic (exact) mass is 291 g/mol. The summed E-state index contributed by atoms with van der Waals surface area (Å²) in [6, 6.07) is 0.999. The van der Waals surface area contributed by atoms with Crippen LogP contribution >= 0.6 is 0 Å². The van der Waals surface area contributed by atoms with Crippen molar-refractivity contribution in [1.82, 2.24) is 25.0 Å². The van der Waals surface area contributed by atoms with Crippen LogP contribution in [-0.2, 0) is 6.54 Å². The van der Waals surface area contributed by atoms with Crippen LogP contribution in [0.4, 0.5) is 0 Å². The molecule has 2 fully saturated rings. The van der Waals surface area contributed by atoms with Crippen LogP contribution in [0.3, 0.4) is 0 Å². The van der Waals surface area contributed by atoms with Crippen molar-refractivity contribution in [2.24, 2.45) is 0 Å². The Hall–Kier alpha value is -0.940. The SMILES string of the molecule is CCC1CN(Cc2ncnn2C(C)C)C2(CCCC2)CN1. The fraction of sp³-hybridized carbons (Fsp3) is 0.875. The summed E-state index contributed by atoms with van der Waals surface area (Å²) in [7, 11) is 0. The van der Waals surface area contributed by atoms with E-state index in [1.807, 2.05) is 0 Å². The first-order chi connectivity index (χ1) is 10.1. The van der Waals surface area contributed by atoms with Gasteiger partial charge in [0.1, 0.15) is 12.2 Å². The van der Waals surface area contributed by atoms with E-state index in [-0.39, 0.29) is 0 Å². The van der Waals surface area contributed by atoms with Gasteiger partial charge in [0.2, 0.25) is 0 Å². The molecule has 1 aliphatic heterocycles. The molecule has 0 aromatic carbocycles. The first-order valence-electron chi connectivity index (χ1n) is 8.51. The van der Waals surface area contributed by atoms with Crippen LogP contribution < -0.4 is 5.32 Å². The van der Waals surface area contributed by atoms with Crippen LogP contribution in [0.1, 0.15) is 64.7 Å². The predicted molar refractivity (Wildman–Crippen MR) is 84.1 cm³/mol. The molecule has 1 atom stereocenters. The van der Waals surface area contributed by atoms with Gasteiger partial charge in [-0.2, -0.15) is 5.10 Å². The smallest absolute Gasteiger partial charge is 0.141 e. The van der Waals surface area contributed by atoms with Gasteiger partial charge in [0.15, 0.2) is 0 Å². The molecule has 1 unspecified atom stereocenters. The number of aromatic nitrogens is 3. The zero-order valence-electron chi connectivity index (χ0n) is 13.7. The summed E-state index contributed by atoms with van der Waals surface area (Å²) < 4.78 is 2.08. The molecule has 1 spiro atoms. The molecule has 1 N–H and O–H groups in total. The van der Waals surface area contributed by atoms with Gasteiger partial charge in [-0.05, 0) is 33.1 Å². The topological polar surface area (TPSA) is 46.0 Å². The Labute approximate surface area is 128 Å². The maximum absolute atomic E-state index is 4.53. The van der Waals surface area contributed by atoms with Gasteiger partial charge in [0.05, 0.1) is 6.54 Å². The molecule has 0 amide bonds. The molecule has 118 valence electrons. The summed E-state index contributed by atoms with van der Waals surface area (Å²) >= 11 is 0. The molecule has 1 saturated heterocycles. The summed E-state index contributed by atoms with van der Waals surface area (Å²) in [6.07, 6.45) is 8.29. The molecule has 1 aliphatic carbocycles. The molecule has 1 saturated carbocycles. The van der Waals surface area contributed by atoms with E-state index >= 15 is 0 Å². The molecule has 2 heterocycles. The predicted octanol–water partition coefficient (Wildman–Crippen LogP) is 2.36. The van der Waals surface area contributed by atoms with Crippen LogP contribution in [0.15, 0.2) is 6.33 Å². The van der Waals surface area contributed by atoms with Crippen molar-refractivity contribution < 1.29 is 0 Å². The maximum atomic E-state index is 4.53. The lowest BCUT2D eigenvalue weighted by molar-refractivity contribution is 0.0313. The van der Waals surface area contributed by atoms with E-state index in [4.69, 9.17) is 0 Å². The second kappa shape index (κ2) is 6.05. The summed E-state index contributed by atoms with van der Waals surface area (Å²) in [5.74, 6) is 1.12. The quantitative estimate of drug-likeness (QED) is 0.925. The summed E-state index contributed by atoms with van der Waals surface area (Å²) in [6.45, 7) is 9.85. The molecular weight excluding hydrogens is 262 g/mol. The van der Waals surface area contributed by atoms with Crippen molar-refractivity contribution in [3.63, 3.8) is 0 Å². The molecule has 5 heteroatoms. The maximum Gasteiger partial charge on any atom is 0.141 e. The third-order valence-corrected chi connectivity index (χ3v) is 5.33. The zero-order chi connectivity index (χ0) is 14.9. The van der Waals surface area contributed by atoms with Crippen molar-refractivity contribution in [2.75, 3.05) is 13.1 Å². The Morgan fingerprint density at radius 1 is 1.38 bits per heavy atom. The van der Waals surface area contributed by atoms with Crippen molar-refractivity contribution in [2.45, 2.75) is 77.0 Å². The van der Waals surface area contributed by atoms with Crippen LogP contribution in [0, 0.1) is 0 Å². The second-order valence-corrected chi connectivity index (χ2v) is 7.01. The Kier molecular flexibility index (Phi) is 4.31. The van der Waals surface area contributed by atoms with Gasteiger partial charge in [-0.25, -0.2) is 9.67 Å². The molecule has 3 rings (SSSR count). The fourth-order valence-electron chi connectivity index (χ4n) is 3.99. The lowest BCUT2D eigenvalue weighted by Gasteiger charge is -2.48. The number of nitrogens with one attached hydrogen (secondary N) is 1. The van der Waals surface area contributed by atoms with E-state index < -0.39 is 0 Å². The fourth-order valence-corrected chi connectivity index (χ4v) is 3.99. The lowest BCUT2D eigenvalue weighted by Crippen LogP contribution is -2.63. The first kappa shape index (κ1) is 15.0. The van der Waals surface area contributed by atoms with Crippen molar-refractivity contribution in [3.05, 3.63) is 12.2 Å². The van der Waals surface area contributed by atoms with E-state index in [0.29, 0.717) is 17.6 Å². The molecule has 1 aromatic heterocycles. The summed E-state index contributed by atoms with van der Waals surface area (Å²) in [5.41, 5.74) is 0.361. The Bertz CT molecular complexity index is 461. The minimum absolute atomic E-state index is 0.361. The second-order valence-electron chi connectivity index (χ2n) is 7.01. The van der Waals surface area contributed by atoms with Gasteiger partial charge < -0.3 is 5.32 Å². The lowest BCUT2D eigenvalue weighted by atomic mass is 9.90. The summed E-state index contributed by atoms with van der Waals surface area (Å²) in [5, 5.41) is 8.16. The number of piperazine rings is 1. The van der Waals surface area contributed by atoms with Gasteiger partial charge in [-0.15, -0.1) is 0 Å².